The molecule has 0 radical (unpaired) electrons. The fourth-order valence-corrected chi connectivity index (χ4v) is 2.71. The van der Waals surface area contributed by atoms with Gasteiger partial charge in [0.25, 0.3) is 0 Å². The zero-order chi connectivity index (χ0) is 14.9. The number of benzene rings is 1. The van der Waals surface area contributed by atoms with Crippen molar-refractivity contribution in [1.29, 1.82) is 5.26 Å². The Bertz CT molecular complexity index is 446. The van der Waals surface area contributed by atoms with E-state index in [9.17, 15) is 0 Å². The van der Waals surface area contributed by atoms with E-state index in [0.717, 1.165) is 12.3 Å². The molecule has 0 aromatic heterocycles. The molecule has 0 aliphatic carbocycles. The van der Waals surface area contributed by atoms with E-state index in [1.54, 1.807) is 0 Å². The molecule has 1 saturated heterocycles. The minimum absolute atomic E-state index is 0.101. The summed E-state index contributed by atoms with van der Waals surface area (Å²) in [6.45, 7) is 7.09. The van der Waals surface area contributed by atoms with E-state index in [2.05, 4.69) is 29.3 Å². The molecule has 1 fully saturated rings. The summed E-state index contributed by atoms with van der Waals surface area (Å²) in [5.74, 6) is 0.751. The topological polar surface area (TPSA) is 48.3 Å². The fourth-order valence-electron chi connectivity index (χ4n) is 2.71. The molecule has 2 rings (SSSR count). The molecule has 1 aromatic rings. The van der Waals surface area contributed by atoms with Crippen molar-refractivity contribution in [2.45, 2.75) is 32.2 Å². The van der Waals surface area contributed by atoms with E-state index in [-0.39, 0.29) is 6.61 Å². The van der Waals surface area contributed by atoms with Crippen LogP contribution in [0.25, 0.3) is 0 Å². The Hall–Kier alpha value is -1.57. The van der Waals surface area contributed by atoms with Crippen molar-refractivity contribution in [3.8, 4) is 11.8 Å². The predicted molar refractivity (Wildman–Crippen MR) is 84.3 cm³/mol. The van der Waals surface area contributed by atoms with Gasteiger partial charge in [-0.05, 0) is 70.1 Å². The summed E-state index contributed by atoms with van der Waals surface area (Å²) >= 11 is 0. The van der Waals surface area contributed by atoms with Crippen LogP contribution < -0.4 is 10.1 Å². The lowest BCUT2D eigenvalue weighted by atomic mass is 10.1. The molecule has 1 heterocycles. The van der Waals surface area contributed by atoms with Gasteiger partial charge in [0, 0.05) is 6.04 Å². The second-order valence-electron chi connectivity index (χ2n) is 5.59. The molecule has 4 nitrogen and oxygen atoms in total. The molecule has 0 spiro atoms. The monoisotopic (exact) mass is 287 g/mol. The quantitative estimate of drug-likeness (QED) is 0.747. The van der Waals surface area contributed by atoms with Gasteiger partial charge in [-0.3, -0.25) is 0 Å². The lowest BCUT2D eigenvalue weighted by molar-refractivity contribution is 0.328. The number of nitriles is 1. The molecule has 0 bridgehead atoms. The van der Waals surface area contributed by atoms with Crippen molar-refractivity contribution < 1.29 is 4.74 Å². The molecule has 4 heteroatoms. The first kappa shape index (κ1) is 15.8. The SMILES string of the molecule is CC(NCCCN1CCCC1)c1ccc(OCC#N)cc1. The molecular formula is C17H25N3O. The number of nitrogens with one attached hydrogen (secondary N) is 1. The molecule has 1 atom stereocenters. The first-order chi connectivity index (χ1) is 10.3. The van der Waals surface area contributed by atoms with E-state index < -0.39 is 0 Å². The van der Waals surface area contributed by atoms with Gasteiger partial charge in [-0.1, -0.05) is 12.1 Å². The van der Waals surface area contributed by atoms with Crippen LogP contribution >= 0.6 is 0 Å². The van der Waals surface area contributed by atoms with Crippen molar-refractivity contribution >= 4 is 0 Å². The number of ether oxygens (including phenoxy) is 1. The van der Waals surface area contributed by atoms with Crippen LogP contribution in [0.15, 0.2) is 24.3 Å². The summed E-state index contributed by atoms with van der Waals surface area (Å²) in [5, 5.41) is 12.0. The van der Waals surface area contributed by atoms with Crippen LogP contribution in [0, 0.1) is 11.3 Å². The number of likely N-dealkylation sites (tertiary alicyclic amines) is 1. The highest BCUT2D eigenvalue weighted by atomic mass is 16.5. The predicted octanol–water partition coefficient (Wildman–Crippen LogP) is 2.73. The van der Waals surface area contributed by atoms with Crippen LogP contribution in [0.1, 0.15) is 37.8 Å². The standard InChI is InChI=1S/C17H25N3O/c1-15(19-10-4-13-20-11-2-3-12-20)16-5-7-17(8-6-16)21-14-9-18/h5-8,15,19H,2-4,10-14H2,1H3. The summed E-state index contributed by atoms with van der Waals surface area (Å²) in [6, 6.07) is 10.3. The maximum absolute atomic E-state index is 8.48. The average Bonchev–Trinajstić information content (AvgIpc) is 3.03. The first-order valence-corrected chi connectivity index (χ1v) is 7.85. The molecule has 21 heavy (non-hydrogen) atoms. The highest BCUT2D eigenvalue weighted by Gasteiger charge is 2.10. The lowest BCUT2D eigenvalue weighted by Gasteiger charge is -2.17. The fraction of sp³-hybridized carbons (Fsp3) is 0.588. The number of rotatable bonds is 8. The second kappa shape index (κ2) is 8.66. The van der Waals surface area contributed by atoms with Crippen LogP contribution in [-0.2, 0) is 0 Å². The maximum Gasteiger partial charge on any atom is 0.174 e. The Morgan fingerprint density at radius 2 is 2.00 bits per heavy atom. The number of nitrogens with zero attached hydrogens (tertiary/aromatic N) is 2. The normalized spacial score (nSPS) is 16.6. The third kappa shape index (κ3) is 5.37. The number of hydrogen-bond acceptors (Lipinski definition) is 4. The van der Waals surface area contributed by atoms with Gasteiger partial charge < -0.3 is 15.0 Å². The van der Waals surface area contributed by atoms with Gasteiger partial charge in [-0.15, -0.1) is 0 Å². The Morgan fingerprint density at radius 1 is 1.29 bits per heavy atom. The van der Waals surface area contributed by atoms with Crippen molar-refractivity contribution in [2.24, 2.45) is 0 Å². The third-order valence-corrected chi connectivity index (χ3v) is 3.98. The third-order valence-electron chi connectivity index (χ3n) is 3.98. The number of hydrogen-bond donors (Lipinski definition) is 1. The van der Waals surface area contributed by atoms with Gasteiger partial charge in [-0.2, -0.15) is 5.26 Å². The van der Waals surface area contributed by atoms with Crippen molar-refractivity contribution in [3.63, 3.8) is 0 Å². The van der Waals surface area contributed by atoms with Gasteiger partial charge in [0.1, 0.15) is 11.8 Å². The molecule has 0 saturated carbocycles. The molecule has 1 unspecified atom stereocenters. The highest BCUT2D eigenvalue weighted by molar-refractivity contribution is 5.29. The van der Waals surface area contributed by atoms with Gasteiger partial charge in [0.15, 0.2) is 6.61 Å². The minimum atomic E-state index is 0.101. The van der Waals surface area contributed by atoms with Crippen LogP contribution in [0.4, 0.5) is 0 Å². The molecule has 1 N–H and O–H groups in total. The Labute approximate surface area is 127 Å². The van der Waals surface area contributed by atoms with Crippen molar-refractivity contribution in [3.05, 3.63) is 29.8 Å². The summed E-state index contributed by atoms with van der Waals surface area (Å²) in [4.78, 5) is 2.55. The van der Waals surface area contributed by atoms with Gasteiger partial charge in [0.2, 0.25) is 0 Å². The molecule has 114 valence electrons. The molecule has 1 aliphatic heterocycles. The van der Waals surface area contributed by atoms with E-state index in [0.29, 0.717) is 6.04 Å². The van der Waals surface area contributed by atoms with Gasteiger partial charge >= 0.3 is 0 Å². The van der Waals surface area contributed by atoms with Crippen LogP contribution in [-0.4, -0.2) is 37.7 Å². The summed E-state index contributed by atoms with van der Waals surface area (Å²) < 4.78 is 5.26. The summed E-state index contributed by atoms with van der Waals surface area (Å²) in [5.41, 5.74) is 1.25. The maximum atomic E-state index is 8.48. The zero-order valence-corrected chi connectivity index (χ0v) is 12.8. The van der Waals surface area contributed by atoms with E-state index >= 15 is 0 Å². The van der Waals surface area contributed by atoms with E-state index in [1.807, 2.05) is 18.2 Å². The summed E-state index contributed by atoms with van der Waals surface area (Å²) in [6.07, 6.45) is 3.93. The minimum Gasteiger partial charge on any atom is -0.479 e. The Morgan fingerprint density at radius 3 is 2.67 bits per heavy atom. The van der Waals surface area contributed by atoms with E-state index in [1.165, 1.54) is 44.5 Å². The Kier molecular flexibility index (Phi) is 6.52. The molecule has 0 amide bonds. The highest BCUT2D eigenvalue weighted by Crippen LogP contribution is 2.17. The smallest absolute Gasteiger partial charge is 0.174 e. The zero-order valence-electron chi connectivity index (χ0n) is 12.8. The van der Waals surface area contributed by atoms with Crippen LogP contribution in [0.2, 0.25) is 0 Å². The van der Waals surface area contributed by atoms with E-state index in [4.69, 9.17) is 10.00 Å². The molecular weight excluding hydrogens is 262 g/mol. The van der Waals surface area contributed by atoms with Crippen LogP contribution in [0.5, 0.6) is 5.75 Å². The van der Waals surface area contributed by atoms with Gasteiger partial charge in [-0.25, -0.2) is 0 Å². The van der Waals surface area contributed by atoms with Crippen molar-refractivity contribution in [2.75, 3.05) is 32.8 Å². The molecule has 1 aromatic carbocycles. The largest absolute Gasteiger partial charge is 0.479 e. The Balaban J connectivity index is 1.67. The first-order valence-electron chi connectivity index (χ1n) is 7.85. The van der Waals surface area contributed by atoms with Gasteiger partial charge in [0.05, 0.1) is 0 Å². The van der Waals surface area contributed by atoms with Crippen molar-refractivity contribution in [1.82, 2.24) is 10.2 Å². The molecule has 1 aliphatic rings. The van der Waals surface area contributed by atoms with Crippen LogP contribution in [0.3, 0.4) is 0 Å². The average molecular weight is 287 g/mol. The summed E-state index contributed by atoms with van der Waals surface area (Å²) in [7, 11) is 0. The second-order valence-corrected chi connectivity index (χ2v) is 5.59. The lowest BCUT2D eigenvalue weighted by Crippen LogP contribution is -2.26.